The van der Waals surface area contributed by atoms with E-state index < -0.39 is 0 Å². The molecule has 13 heavy (non-hydrogen) atoms. The summed E-state index contributed by atoms with van der Waals surface area (Å²) in [6, 6.07) is 7.65. The van der Waals surface area contributed by atoms with Crippen molar-refractivity contribution in [1.82, 2.24) is 0 Å². The summed E-state index contributed by atoms with van der Waals surface area (Å²) in [7, 11) is 0. The average Bonchev–Trinajstić information content (AvgIpc) is 2.19. The monoisotopic (exact) mass is 180 g/mol. The number of hydrogen-bond donors (Lipinski definition) is 2. The SMILES string of the molecule is CCCCOc1ccccc1NN. The van der Waals surface area contributed by atoms with Crippen molar-refractivity contribution in [1.29, 1.82) is 0 Å². The minimum atomic E-state index is 0.745. The lowest BCUT2D eigenvalue weighted by molar-refractivity contribution is 0.311. The van der Waals surface area contributed by atoms with Gasteiger partial charge in [-0.25, -0.2) is 0 Å². The molecule has 72 valence electrons. The third-order valence-corrected chi connectivity index (χ3v) is 1.80. The van der Waals surface area contributed by atoms with Crippen molar-refractivity contribution in [3.8, 4) is 5.75 Å². The zero-order valence-electron chi connectivity index (χ0n) is 7.92. The molecule has 0 fully saturated rings. The van der Waals surface area contributed by atoms with Crippen LogP contribution in [0.25, 0.3) is 0 Å². The van der Waals surface area contributed by atoms with Gasteiger partial charge in [0.15, 0.2) is 0 Å². The van der Waals surface area contributed by atoms with E-state index in [0.29, 0.717) is 0 Å². The fourth-order valence-corrected chi connectivity index (χ4v) is 1.04. The number of anilines is 1. The topological polar surface area (TPSA) is 47.3 Å². The van der Waals surface area contributed by atoms with Crippen LogP contribution in [0.4, 0.5) is 5.69 Å². The van der Waals surface area contributed by atoms with Crippen LogP contribution in [-0.4, -0.2) is 6.61 Å². The van der Waals surface area contributed by atoms with E-state index in [1.165, 1.54) is 0 Å². The maximum absolute atomic E-state index is 5.53. The fraction of sp³-hybridized carbons (Fsp3) is 0.400. The Morgan fingerprint density at radius 2 is 2.15 bits per heavy atom. The lowest BCUT2D eigenvalue weighted by Crippen LogP contribution is -2.09. The van der Waals surface area contributed by atoms with Crippen molar-refractivity contribution in [2.75, 3.05) is 12.0 Å². The first-order valence-electron chi connectivity index (χ1n) is 4.57. The smallest absolute Gasteiger partial charge is 0.143 e. The van der Waals surface area contributed by atoms with E-state index in [1.807, 2.05) is 24.3 Å². The van der Waals surface area contributed by atoms with Gasteiger partial charge in [-0.15, -0.1) is 0 Å². The summed E-state index contributed by atoms with van der Waals surface area (Å²) in [6.45, 7) is 2.88. The van der Waals surface area contributed by atoms with Gasteiger partial charge in [-0.1, -0.05) is 25.5 Å². The molecule has 3 N–H and O–H groups in total. The van der Waals surface area contributed by atoms with Crippen molar-refractivity contribution in [2.45, 2.75) is 19.8 Å². The van der Waals surface area contributed by atoms with Gasteiger partial charge in [-0.2, -0.15) is 0 Å². The van der Waals surface area contributed by atoms with Crippen LogP contribution in [0.3, 0.4) is 0 Å². The van der Waals surface area contributed by atoms with Crippen LogP contribution < -0.4 is 16.0 Å². The lowest BCUT2D eigenvalue weighted by Gasteiger charge is -2.09. The number of nitrogens with one attached hydrogen (secondary N) is 1. The largest absolute Gasteiger partial charge is 0.491 e. The van der Waals surface area contributed by atoms with Crippen LogP contribution in [-0.2, 0) is 0 Å². The fourth-order valence-electron chi connectivity index (χ4n) is 1.04. The normalized spacial score (nSPS) is 9.69. The van der Waals surface area contributed by atoms with Crippen LogP contribution in [0.15, 0.2) is 24.3 Å². The van der Waals surface area contributed by atoms with Crippen LogP contribution in [0, 0.1) is 0 Å². The average molecular weight is 180 g/mol. The van der Waals surface area contributed by atoms with Crippen molar-refractivity contribution in [2.24, 2.45) is 5.84 Å². The summed E-state index contributed by atoms with van der Waals surface area (Å²) in [5.41, 5.74) is 3.43. The molecule has 1 rings (SSSR count). The standard InChI is InChI=1S/C10H16N2O/c1-2-3-8-13-10-7-5-4-6-9(10)12-11/h4-7,12H,2-3,8,11H2,1H3. The van der Waals surface area contributed by atoms with E-state index in [1.54, 1.807) is 0 Å². The van der Waals surface area contributed by atoms with Gasteiger partial charge in [0.25, 0.3) is 0 Å². The minimum absolute atomic E-state index is 0.745. The van der Waals surface area contributed by atoms with E-state index >= 15 is 0 Å². The molecule has 3 heteroatoms. The first-order valence-corrected chi connectivity index (χ1v) is 4.57. The number of unbranched alkanes of at least 4 members (excludes halogenated alkanes) is 1. The highest BCUT2D eigenvalue weighted by Gasteiger charge is 1.98. The number of ether oxygens (including phenoxy) is 1. The molecule has 0 spiro atoms. The number of para-hydroxylation sites is 2. The van der Waals surface area contributed by atoms with Crippen LogP contribution >= 0.6 is 0 Å². The van der Waals surface area contributed by atoms with Crippen LogP contribution in [0.1, 0.15) is 19.8 Å². The quantitative estimate of drug-likeness (QED) is 0.414. The highest BCUT2D eigenvalue weighted by molar-refractivity contribution is 5.55. The lowest BCUT2D eigenvalue weighted by atomic mass is 10.3. The van der Waals surface area contributed by atoms with Crippen LogP contribution in [0.2, 0.25) is 0 Å². The van der Waals surface area contributed by atoms with Crippen LogP contribution in [0.5, 0.6) is 5.75 Å². The molecule has 0 unspecified atom stereocenters. The molecular formula is C10H16N2O. The van der Waals surface area contributed by atoms with Gasteiger partial charge in [0.1, 0.15) is 5.75 Å². The van der Waals surface area contributed by atoms with Gasteiger partial charge in [-0.05, 0) is 18.6 Å². The molecule has 0 aliphatic rings. The van der Waals surface area contributed by atoms with Gasteiger partial charge >= 0.3 is 0 Å². The Kier molecular flexibility index (Phi) is 4.12. The predicted molar refractivity (Wildman–Crippen MR) is 54.7 cm³/mol. The van der Waals surface area contributed by atoms with E-state index in [2.05, 4.69) is 12.3 Å². The molecule has 0 amide bonds. The Labute approximate surface area is 78.9 Å². The molecular weight excluding hydrogens is 164 g/mol. The maximum atomic E-state index is 5.53. The number of hydrogen-bond acceptors (Lipinski definition) is 3. The Balaban J connectivity index is 2.54. The third kappa shape index (κ3) is 2.95. The van der Waals surface area contributed by atoms with Crippen molar-refractivity contribution >= 4 is 5.69 Å². The Bertz CT molecular complexity index is 250. The number of nitrogen functional groups attached to an aromatic ring is 1. The minimum Gasteiger partial charge on any atom is -0.491 e. The van der Waals surface area contributed by atoms with E-state index in [4.69, 9.17) is 10.6 Å². The Morgan fingerprint density at radius 3 is 2.85 bits per heavy atom. The van der Waals surface area contributed by atoms with Crippen molar-refractivity contribution in [3.05, 3.63) is 24.3 Å². The summed E-state index contributed by atoms with van der Waals surface area (Å²) in [6.07, 6.45) is 2.21. The van der Waals surface area contributed by atoms with Gasteiger partial charge in [0, 0.05) is 0 Å². The predicted octanol–water partition coefficient (Wildman–Crippen LogP) is 2.15. The third-order valence-electron chi connectivity index (χ3n) is 1.80. The maximum Gasteiger partial charge on any atom is 0.143 e. The summed E-state index contributed by atoms with van der Waals surface area (Å²) in [5.74, 6) is 6.14. The number of nitrogens with two attached hydrogens (primary N) is 1. The zero-order chi connectivity index (χ0) is 9.52. The summed E-state index contributed by atoms with van der Waals surface area (Å²) >= 11 is 0. The van der Waals surface area contributed by atoms with E-state index in [9.17, 15) is 0 Å². The second-order valence-electron chi connectivity index (χ2n) is 2.84. The Morgan fingerprint density at radius 1 is 1.38 bits per heavy atom. The number of benzene rings is 1. The molecule has 0 heterocycles. The Hall–Kier alpha value is -1.22. The molecule has 0 aromatic heterocycles. The molecule has 1 aromatic carbocycles. The highest BCUT2D eigenvalue weighted by Crippen LogP contribution is 2.22. The number of rotatable bonds is 5. The summed E-state index contributed by atoms with van der Waals surface area (Å²) in [4.78, 5) is 0. The van der Waals surface area contributed by atoms with E-state index in [0.717, 1.165) is 30.9 Å². The molecule has 1 aromatic rings. The first-order chi connectivity index (χ1) is 6.38. The molecule has 0 saturated carbocycles. The van der Waals surface area contributed by atoms with Crippen molar-refractivity contribution < 1.29 is 4.74 Å². The number of hydrazine groups is 1. The summed E-state index contributed by atoms with van der Waals surface area (Å²) in [5, 5.41) is 0. The molecule has 0 radical (unpaired) electrons. The first kappa shape index (κ1) is 9.86. The van der Waals surface area contributed by atoms with Crippen molar-refractivity contribution in [3.63, 3.8) is 0 Å². The van der Waals surface area contributed by atoms with Gasteiger partial charge in [-0.3, -0.25) is 5.84 Å². The molecule has 0 atom stereocenters. The van der Waals surface area contributed by atoms with Gasteiger partial charge in [0.05, 0.1) is 12.3 Å². The molecule has 0 aliphatic heterocycles. The van der Waals surface area contributed by atoms with Gasteiger partial charge < -0.3 is 10.2 Å². The zero-order valence-corrected chi connectivity index (χ0v) is 7.92. The van der Waals surface area contributed by atoms with Gasteiger partial charge in [0.2, 0.25) is 0 Å². The molecule has 0 aliphatic carbocycles. The highest BCUT2D eigenvalue weighted by atomic mass is 16.5. The summed E-state index contributed by atoms with van der Waals surface area (Å²) < 4.78 is 5.53. The second-order valence-corrected chi connectivity index (χ2v) is 2.84. The van der Waals surface area contributed by atoms with E-state index in [-0.39, 0.29) is 0 Å². The molecule has 3 nitrogen and oxygen atoms in total. The molecule has 0 bridgehead atoms. The molecule has 0 saturated heterocycles. The second kappa shape index (κ2) is 5.43.